The largest absolute Gasteiger partial charge is 0.462 e. The molecule has 0 rings (SSSR count). The van der Waals surface area contributed by atoms with Gasteiger partial charge in [-0.3, -0.25) is 14.4 Å². The summed E-state index contributed by atoms with van der Waals surface area (Å²) < 4.78 is 16.7. The maximum atomic E-state index is 12.8. The van der Waals surface area contributed by atoms with Gasteiger partial charge in [0.15, 0.2) is 6.10 Å². The van der Waals surface area contributed by atoms with E-state index in [-0.39, 0.29) is 31.1 Å². The van der Waals surface area contributed by atoms with Gasteiger partial charge < -0.3 is 14.2 Å². The predicted molar refractivity (Wildman–Crippen MR) is 261 cm³/mol. The Morgan fingerprint density at radius 1 is 0.361 bits per heavy atom. The van der Waals surface area contributed by atoms with Crippen LogP contribution < -0.4 is 0 Å². The number of hydrogen-bond donors (Lipinski definition) is 0. The molecule has 0 saturated carbocycles. The molecule has 0 aliphatic rings. The van der Waals surface area contributed by atoms with Gasteiger partial charge in [0.2, 0.25) is 0 Å². The second-order valence-electron chi connectivity index (χ2n) is 16.4. The molecular formula is C55H92O6. The minimum absolute atomic E-state index is 0.0967. The zero-order chi connectivity index (χ0) is 44.4. The maximum Gasteiger partial charge on any atom is 0.306 e. The maximum absolute atomic E-state index is 12.8. The Morgan fingerprint density at radius 3 is 1.20 bits per heavy atom. The van der Waals surface area contributed by atoms with Gasteiger partial charge in [-0.25, -0.2) is 0 Å². The van der Waals surface area contributed by atoms with Crippen LogP contribution in [-0.2, 0) is 28.6 Å². The molecule has 0 aromatic rings. The van der Waals surface area contributed by atoms with Crippen molar-refractivity contribution < 1.29 is 28.6 Å². The van der Waals surface area contributed by atoms with Crippen LogP contribution in [0.3, 0.4) is 0 Å². The number of hydrogen-bond acceptors (Lipinski definition) is 6. The lowest BCUT2D eigenvalue weighted by Crippen LogP contribution is -2.30. The average Bonchev–Trinajstić information content (AvgIpc) is 3.26. The fourth-order valence-electron chi connectivity index (χ4n) is 6.73. The normalized spacial score (nSPS) is 12.8. The first-order valence-corrected chi connectivity index (χ1v) is 25.1. The molecule has 0 spiro atoms. The van der Waals surface area contributed by atoms with Gasteiger partial charge in [-0.2, -0.15) is 0 Å². The number of allylic oxidation sites excluding steroid dienone is 14. The minimum atomic E-state index is -0.796. The highest BCUT2D eigenvalue weighted by Crippen LogP contribution is 2.15. The molecule has 348 valence electrons. The average molecular weight is 849 g/mol. The van der Waals surface area contributed by atoms with Crippen LogP contribution in [0.1, 0.15) is 226 Å². The summed E-state index contributed by atoms with van der Waals surface area (Å²) in [4.78, 5) is 37.9. The van der Waals surface area contributed by atoms with Gasteiger partial charge in [0.1, 0.15) is 13.2 Å². The van der Waals surface area contributed by atoms with Gasteiger partial charge in [-0.1, -0.05) is 215 Å². The van der Waals surface area contributed by atoms with E-state index in [4.69, 9.17) is 14.2 Å². The van der Waals surface area contributed by atoms with Crippen LogP contribution in [-0.4, -0.2) is 37.2 Å². The quantitative estimate of drug-likeness (QED) is 0.0200. The van der Waals surface area contributed by atoms with E-state index in [1.165, 1.54) is 70.6 Å². The summed E-state index contributed by atoms with van der Waals surface area (Å²) in [5.74, 6) is -0.947. The summed E-state index contributed by atoms with van der Waals surface area (Å²) in [7, 11) is 0. The number of carbonyl (C=O) groups excluding carboxylic acids is 3. The smallest absolute Gasteiger partial charge is 0.306 e. The van der Waals surface area contributed by atoms with E-state index in [9.17, 15) is 14.4 Å². The third-order valence-electron chi connectivity index (χ3n) is 10.5. The van der Waals surface area contributed by atoms with Crippen molar-refractivity contribution in [2.75, 3.05) is 13.2 Å². The fourth-order valence-corrected chi connectivity index (χ4v) is 6.73. The molecule has 6 nitrogen and oxygen atoms in total. The highest BCUT2D eigenvalue weighted by molar-refractivity contribution is 5.71. The van der Waals surface area contributed by atoms with Gasteiger partial charge in [-0.15, -0.1) is 0 Å². The zero-order valence-corrected chi connectivity index (χ0v) is 39.7. The number of unbranched alkanes of at least 4 members (excludes halogenated alkanes) is 21. The molecule has 0 bridgehead atoms. The molecule has 0 aromatic heterocycles. The van der Waals surface area contributed by atoms with Crippen LogP contribution in [0.4, 0.5) is 0 Å². The number of carbonyl (C=O) groups is 3. The van der Waals surface area contributed by atoms with Crippen LogP contribution in [0.5, 0.6) is 0 Å². The summed E-state index contributed by atoms with van der Waals surface area (Å²) in [6, 6.07) is 0. The summed E-state index contributed by atoms with van der Waals surface area (Å²) in [6.07, 6.45) is 62.8. The fraction of sp³-hybridized carbons (Fsp3) is 0.691. The third-order valence-corrected chi connectivity index (χ3v) is 10.5. The van der Waals surface area contributed by atoms with E-state index >= 15 is 0 Å². The van der Waals surface area contributed by atoms with E-state index < -0.39 is 6.10 Å². The highest BCUT2D eigenvalue weighted by atomic mass is 16.6. The van der Waals surface area contributed by atoms with Gasteiger partial charge in [0.25, 0.3) is 0 Å². The zero-order valence-electron chi connectivity index (χ0n) is 39.7. The molecule has 0 aliphatic heterocycles. The number of ether oxygens (including phenoxy) is 3. The molecule has 0 N–H and O–H groups in total. The Kier molecular flexibility index (Phi) is 46.5. The van der Waals surface area contributed by atoms with Gasteiger partial charge in [0, 0.05) is 19.3 Å². The summed E-state index contributed by atoms with van der Waals surface area (Å²) in [5, 5.41) is 0. The Bertz CT molecular complexity index is 1200. The van der Waals surface area contributed by atoms with Crippen molar-refractivity contribution in [1.82, 2.24) is 0 Å². The molecule has 6 heteroatoms. The van der Waals surface area contributed by atoms with Crippen LogP contribution >= 0.6 is 0 Å². The summed E-state index contributed by atoms with van der Waals surface area (Å²) in [5.41, 5.74) is 0. The van der Waals surface area contributed by atoms with E-state index in [0.29, 0.717) is 19.3 Å². The van der Waals surface area contributed by atoms with Crippen molar-refractivity contribution in [3.63, 3.8) is 0 Å². The van der Waals surface area contributed by atoms with Gasteiger partial charge >= 0.3 is 17.9 Å². The lowest BCUT2D eigenvalue weighted by atomic mass is 10.0. The molecular weight excluding hydrogens is 757 g/mol. The van der Waals surface area contributed by atoms with Crippen molar-refractivity contribution in [2.24, 2.45) is 0 Å². The third kappa shape index (κ3) is 47.5. The molecule has 1 atom stereocenters. The number of esters is 3. The topological polar surface area (TPSA) is 78.9 Å². The lowest BCUT2D eigenvalue weighted by Gasteiger charge is -2.18. The standard InChI is InChI=1S/C55H92O6/c1-4-7-10-13-16-19-22-25-27-28-31-33-36-39-42-45-48-54(57)60-51-52(50-59-53(56)47-44-41-38-35-32-29-24-21-18-15-12-9-6-3)61-55(58)49-46-43-40-37-34-30-26-23-20-17-14-11-8-5-2/h7,9-10,12,15-16,18-19,21,24-25,27,31,33,52H,4-6,8,11,13-14,17,20,22-23,26,28-30,32,34-51H2,1-3H3/b10-7-,12-9-,18-15-,19-16-,24-21-,27-25-,33-31-. The van der Waals surface area contributed by atoms with Crippen LogP contribution in [0.2, 0.25) is 0 Å². The first-order valence-electron chi connectivity index (χ1n) is 25.1. The summed E-state index contributed by atoms with van der Waals surface area (Å²) in [6.45, 7) is 6.34. The first kappa shape index (κ1) is 57.6. The predicted octanol–water partition coefficient (Wildman–Crippen LogP) is 16.4. The van der Waals surface area contributed by atoms with Crippen LogP contribution in [0.15, 0.2) is 85.1 Å². The molecule has 0 radical (unpaired) electrons. The monoisotopic (exact) mass is 849 g/mol. The highest BCUT2D eigenvalue weighted by Gasteiger charge is 2.19. The molecule has 61 heavy (non-hydrogen) atoms. The SMILES string of the molecule is CC\C=C/C=C\C=C/CCCCCCCC(=O)OCC(COC(=O)CCCCC/C=C\C/C=C\C/C=C\C/C=C\CC)OC(=O)CCCCCCCCCCCCCCCC. The molecule has 0 saturated heterocycles. The number of rotatable bonds is 44. The van der Waals surface area contributed by atoms with Crippen molar-refractivity contribution in [3.8, 4) is 0 Å². The van der Waals surface area contributed by atoms with Crippen molar-refractivity contribution in [1.29, 1.82) is 0 Å². The minimum Gasteiger partial charge on any atom is -0.462 e. The van der Waals surface area contributed by atoms with Gasteiger partial charge in [-0.05, 0) is 77.0 Å². The summed E-state index contributed by atoms with van der Waals surface area (Å²) >= 11 is 0. The van der Waals surface area contributed by atoms with Crippen LogP contribution in [0.25, 0.3) is 0 Å². The lowest BCUT2D eigenvalue weighted by molar-refractivity contribution is -0.167. The Labute approximate surface area is 375 Å². The van der Waals surface area contributed by atoms with Crippen molar-refractivity contribution in [2.45, 2.75) is 232 Å². The first-order chi connectivity index (χ1) is 30.0. The Morgan fingerprint density at radius 2 is 0.721 bits per heavy atom. The van der Waals surface area contributed by atoms with Crippen molar-refractivity contribution in [3.05, 3.63) is 85.1 Å². The van der Waals surface area contributed by atoms with Crippen molar-refractivity contribution >= 4 is 17.9 Å². The molecule has 0 amide bonds. The molecule has 1 unspecified atom stereocenters. The van der Waals surface area contributed by atoms with E-state index in [1.54, 1.807) is 0 Å². The second kappa shape index (κ2) is 49.2. The molecule has 0 heterocycles. The second-order valence-corrected chi connectivity index (χ2v) is 16.4. The molecule has 0 aromatic carbocycles. The Hall–Kier alpha value is -3.41. The van der Waals surface area contributed by atoms with E-state index in [2.05, 4.69) is 106 Å². The molecule has 0 fully saturated rings. The molecule has 0 aliphatic carbocycles. The van der Waals surface area contributed by atoms with Gasteiger partial charge in [0.05, 0.1) is 0 Å². The Balaban J connectivity index is 4.46. The van der Waals surface area contributed by atoms with E-state index in [0.717, 1.165) is 116 Å². The van der Waals surface area contributed by atoms with E-state index in [1.807, 2.05) is 0 Å². The van der Waals surface area contributed by atoms with Crippen LogP contribution in [0, 0.1) is 0 Å².